The van der Waals surface area contributed by atoms with Crippen molar-refractivity contribution in [1.29, 1.82) is 0 Å². The van der Waals surface area contributed by atoms with E-state index >= 15 is 0 Å². The summed E-state index contributed by atoms with van der Waals surface area (Å²) in [5.41, 5.74) is 7.96. The monoisotopic (exact) mass is 554 g/mol. The van der Waals surface area contributed by atoms with Gasteiger partial charge in [-0.2, -0.15) is 0 Å². The molecule has 4 nitrogen and oxygen atoms in total. The molecule has 0 saturated carbocycles. The van der Waals surface area contributed by atoms with E-state index in [1.54, 1.807) is 0 Å². The lowest BCUT2D eigenvalue weighted by Gasteiger charge is -2.23. The third kappa shape index (κ3) is 4.67. The van der Waals surface area contributed by atoms with E-state index in [4.69, 9.17) is 9.98 Å². The molecule has 1 aliphatic heterocycles. The third-order valence-electron chi connectivity index (χ3n) is 8.37. The van der Waals surface area contributed by atoms with Gasteiger partial charge in [-0.15, -0.1) is 0 Å². The zero-order valence-corrected chi connectivity index (χ0v) is 23.6. The number of hydrogen-bond donors (Lipinski definition) is 1. The topological polar surface area (TPSA) is 41.7 Å². The first-order valence-electron chi connectivity index (χ1n) is 14.8. The molecule has 1 N–H and O–H groups in total. The molecule has 0 amide bonds. The number of allylic oxidation sites excluding steroid dienone is 4. The molecule has 1 aliphatic carbocycles. The Labute approximate surface area is 251 Å². The molecular weight excluding hydrogens is 524 g/mol. The van der Waals surface area contributed by atoms with Crippen LogP contribution in [0.4, 0.5) is 0 Å². The van der Waals surface area contributed by atoms with Crippen LogP contribution in [0, 0.1) is 0 Å². The van der Waals surface area contributed by atoms with Gasteiger partial charge in [0.15, 0.2) is 6.17 Å². The van der Waals surface area contributed by atoms with Crippen molar-refractivity contribution in [2.75, 3.05) is 0 Å². The molecule has 1 aromatic heterocycles. The first kappa shape index (κ1) is 25.2. The van der Waals surface area contributed by atoms with Gasteiger partial charge in [0.1, 0.15) is 11.7 Å². The maximum atomic E-state index is 5.12. The van der Waals surface area contributed by atoms with Crippen molar-refractivity contribution in [2.24, 2.45) is 9.98 Å². The summed E-state index contributed by atoms with van der Waals surface area (Å²) >= 11 is 0. The summed E-state index contributed by atoms with van der Waals surface area (Å²) < 4.78 is 2.39. The fourth-order valence-corrected chi connectivity index (χ4v) is 6.23. The molecule has 2 aliphatic rings. The highest BCUT2D eigenvalue weighted by Gasteiger charge is 2.22. The van der Waals surface area contributed by atoms with Crippen LogP contribution in [0.25, 0.3) is 27.5 Å². The number of aromatic nitrogens is 1. The number of fused-ring (bicyclic) bond motifs is 3. The largest absolute Gasteiger partial charge is 0.324 e. The van der Waals surface area contributed by atoms with Crippen molar-refractivity contribution in [3.8, 4) is 5.69 Å². The van der Waals surface area contributed by atoms with Gasteiger partial charge >= 0.3 is 0 Å². The molecule has 1 atom stereocenters. The van der Waals surface area contributed by atoms with Crippen LogP contribution in [0.5, 0.6) is 0 Å². The minimum Gasteiger partial charge on any atom is -0.324 e. The minimum absolute atomic E-state index is 0.380. The van der Waals surface area contributed by atoms with E-state index in [2.05, 4.69) is 125 Å². The first-order valence-corrected chi connectivity index (χ1v) is 14.8. The second-order valence-electron chi connectivity index (χ2n) is 11.1. The van der Waals surface area contributed by atoms with Crippen LogP contribution in [-0.4, -0.2) is 16.2 Å². The normalized spacial score (nSPS) is 16.7. The van der Waals surface area contributed by atoms with Gasteiger partial charge in [0.05, 0.1) is 11.0 Å². The van der Waals surface area contributed by atoms with Crippen LogP contribution in [0.15, 0.2) is 162 Å². The van der Waals surface area contributed by atoms with Crippen molar-refractivity contribution in [3.05, 3.63) is 174 Å². The summed E-state index contributed by atoms with van der Waals surface area (Å²) in [6.07, 6.45) is 9.49. The summed E-state index contributed by atoms with van der Waals surface area (Å²) in [5.74, 6) is 2.03. The number of amidine groups is 2. The molecular formula is C39H30N4. The first-order chi connectivity index (χ1) is 21.3. The molecule has 1 unspecified atom stereocenters. The van der Waals surface area contributed by atoms with E-state index in [0.717, 1.165) is 40.5 Å². The average Bonchev–Trinajstić information content (AvgIpc) is 3.43. The molecule has 43 heavy (non-hydrogen) atoms. The summed E-state index contributed by atoms with van der Waals surface area (Å²) in [5, 5.41) is 6.01. The Balaban J connectivity index is 1.28. The Hall–Kier alpha value is -5.48. The molecule has 4 heteroatoms. The molecule has 206 valence electrons. The molecule has 0 bridgehead atoms. The SMILES string of the molecule is C1=CCC(c2ccc3c4ccccc4n(-c4cccc(C5N=C(c6ccccc6)NC(c6ccccc6)=N5)c4)c3c2)C=C1. The van der Waals surface area contributed by atoms with Gasteiger partial charge in [0, 0.05) is 39.1 Å². The highest BCUT2D eigenvalue weighted by molar-refractivity contribution is 6.16. The van der Waals surface area contributed by atoms with Crippen molar-refractivity contribution in [3.63, 3.8) is 0 Å². The summed E-state index contributed by atoms with van der Waals surface area (Å²) in [4.78, 5) is 10.2. The number of benzene rings is 5. The lowest BCUT2D eigenvalue weighted by atomic mass is 9.92. The third-order valence-corrected chi connectivity index (χ3v) is 8.37. The number of nitrogens with zero attached hydrogens (tertiary/aromatic N) is 3. The summed E-state index contributed by atoms with van der Waals surface area (Å²) in [7, 11) is 0. The molecule has 6 aromatic rings. The molecule has 8 rings (SSSR count). The lowest BCUT2D eigenvalue weighted by Crippen LogP contribution is -2.36. The van der Waals surface area contributed by atoms with Crippen LogP contribution < -0.4 is 5.32 Å². The van der Waals surface area contributed by atoms with Crippen LogP contribution in [0.2, 0.25) is 0 Å². The van der Waals surface area contributed by atoms with E-state index in [0.29, 0.717) is 5.92 Å². The zero-order chi connectivity index (χ0) is 28.6. The Morgan fingerprint density at radius 2 is 1.28 bits per heavy atom. The van der Waals surface area contributed by atoms with Crippen molar-refractivity contribution in [1.82, 2.24) is 9.88 Å². The van der Waals surface area contributed by atoms with Gasteiger partial charge in [-0.25, -0.2) is 9.98 Å². The van der Waals surface area contributed by atoms with Crippen LogP contribution in [0.1, 0.15) is 40.8 Å². The number of aliphatic imine (C=N–C) groups is 2. The second kappa shape index (κ2) is 10.7. The van der Waals surface area contributed by atoms with Gasteiger partial charge < -0.3 is 9.88 Å². The average molecular weight is 555 g/mol. The van der Waals surface area contributed by atoms with Crippen molar-refractivity contribution < 1.29 is 0 Å². The van der Waals surface area contributed by atoms with Gasteiger partial charge in [0.25, 0.3) is 0 Å². The Kier molecular flexibility index (Phi) is 6.30. The van der Waals surface area contributed by atoms with E-state index in [1.807, 2.05) is 36.4 Å². The van der Waals surface area contributed by atoms with Gasteiger partial charge in [-0.1, -0.05) is 127 Å². The maximum absolute atomic E-state index is 5.12. The fourth-order valence-electron chi connectivity index (χ4n) is 6.23. The van der Waals surface area contributed by atoms with Crippen molar-refractivity contribution in [2.45, 2.75) is 18.5 Å². The standard InChI is InChI=1S/C39H30N4/c1-4-13-27(14-5-1)30-23-24-34-33-21-10-11-22-35(33)43(36(34)26-30)32-20-12-19-31(25-32)39-41-37(28-15-6-2-7-16-28)40-38(42-39)29-17-8-3-9-18-29/h1-13,15-27,39H,14H2,(H,40,41,42). The number of para-hydroxylation sites is 1. The van der Waals surface area contributed by atoms with E-state index in [9.17, 15) is 0 Å². The summed E-state index contributed by atoms with van der Waals surface area (Å²) in [6.45, 7) is 0. The van der Waals surface area contributed by atoms with Gasteiger partial charge in [-0.3, -0.25) is 0 Å². The van der Waals surface area contributed by atoms with Crippen molar-refractivity contribution >= 4 is 33.5 Å². The summed E-state index contributed by atoms with van der Waals surface area (Å²) in [6, 6.07) is 44.9. The molecule has 0 radical (unpaired) electrons. The fraction of sp³-hybridized carbons (Fsp3) is 0.0769. The van der Waals surface area contributed by atoms with Crippen LogP contribution in [-0.2, 0) is 0 Å². The second-order valence-corrected chi connectivity index (χ2v) is 11.1. The van der Waals surface area contributed by atoms with Gasteiger partial charge in [-0.05, 0) is 36.2 Å². The molecule has 2 heterocycles. The van der Waals surface area contributed by atoms with E-state index in [-0.39, 0.29) is 6.17 Å². The number of hydrogen-bond acceptors (Lipinski definition) is 3. The molecule has 5 aromatic carbocycles. The maximum Gasteiger partial charge on any atom is 0.169 e. The van der Waals surface area contributed by atoms with E-state index < -0.39 is 0 Å². The van der Waals surface area contributed by atoms with Crippen LogP contribution >= 0.6 is 0 Å². The minimum atomic E-state index is -0.380. The van der Waals surface area contributed by atoms with Crippen LogP contribution in [0.3, 0.4) is 0 Å². The Morgan fingerprint density at radius 3 is 2.00 bits per heavy atom. The highest BCUT2D eigenvalue weighted by Crippen LogP contribution is 2.36. The number of nitrogens with one attached hydrogen (secondary N) is 1. The van der Waals surface area contributed by atoms with Gasteiger partial charge in [0.2, 0.25) is 0 Å². The smallest absolute Gasteiger partial charge is 0.169 e. The predicted octanol–water partition coefficient (Wildman–Crippen LogP) is 8.88. The van der Waals surface area contributed by atoms with E-state index in [1.165, 1.54) is 27.4 Å². The Bertz CT molecular complexity index is 2030. The highest BCUT2D eigenvalue weighted by atomic mass is 15.2. The lowest BCUT2D eigenvalue weighted by molar-refractivity contribution is 0.755. The number of rotatable bonds is 5. The molecule has 0 fully saturated rings. The zero-order valence-electron chi connectivity index (χ0n) is 23.6. The molecule has 0 saturated heterocycles. The predicted molar refractivity (Wildman–Crippen MR) is 178 cm³/mol. The Morgan fingerprint density at radius 1 is 0.581 bits per heavy atom. The molecule has 0 spiro atoms. The quantitative estimate of drug-likeness (QED) is 0.227.